The fourth-order valence-corrected chi connectivity index (χ4v) is 3.92. The van der Waals surface area contributed by atoms with Crippen molar-refractivity contribution in [3.05, 3.63) is 28.7 Å². The van der Waals surface area contributed by atoms with E-state index in [-0.39, 0.29) is 24.3 Å². The van der Waals surface area contributed by atoms with Crippen LogP contribution >= 0.6 is 0 Å². The van der Waals surface area contributed by atoms with Crippen molar-refractivity contribution in [3.63, 3.8) is 0 Å². The first kappa shape index (κ1) is 21.9. The fraction of sp³-hybridized carbons (Fsp3) is 0.524. The Kier molecular flexibility index (Phi) is 5.68. The van der Waals surface area contributed by atoms with E-state index in [0.717, 1.165) is 17.3 Å². The first-order valence-electron chi connectivity index (χ1n) is 9.84. The number of aromatic amines is 1. The van der Waals surface area contributed by atoms with Crippen LogP contribution in [0.3, 0.4) is 0 Å². The predicted molar refractivity (Wildman–Crippen MR) is 111 cm³/mol. The number of nitrogens with zero attached hydrogens (tertiary/aromatic N) is 1. The van der Waals surface area contributed by atoms with Gasteiger partial charge in [0, 0.05) is 24.2 Å². The number of ether oxygens (including phenoxy) is 1. The van der Waals surface area contributed by atoms with E-state index in [1.807, 2.05) is 0 Å². The quantitative estimate of drug-likeness (QED) is 0.606. The Labute approximate surface area is 174 Å². The number of carbonyl (C=O) groups excluding carboxylic acids is 1. The fourth-order valence-electron chi connectivity index (χ4n) is 3.92. The number of hydrogen-bond acceptors (Lipinski definition) is 5. The summed E-state index contributed by atoms with van der Waals surface area (Å²) in [6.45, 7) is 9.25. The summed E-state index contributed by atoms with van der Waals surface area (Å²) in [4.78, 5) is 28.5. The molecule has 0 aliphatic carbocycles. The number of H-pyrrole nitrogens is 1. The van der Waals surface area contributed by atoms with Gasteiger partial charge in [0.1, 0.15) is 11.4 Å². The molecule has 1 aliphatic heterocycles. The molecular formula is C21H28FN3O5. The Morgan fingerprint density at radius 2 is 1.97 bits per heavy atom. The lowest BCUT2D eigenvalue weighted by Crippen LogP contribution is -2.53. The van der Waals surface area contributed by atoms with Crippen molar-refractivity contribution in [2.24, 2.45) is 0 Å². The standard InChI is InChI=1S/C21H28FN3O5/c1-10-11(2)23-17-14(19(27)28)7-15(22)18(16(10)17)25-8-12(6-13(26)9-25)24-20(29)30-21(3,4)5/h7,12-13,23,26H,6,8-9H2,1-5H3,(H,24,29)(H,27,28)/t12-,13-/m0/s1. The highest BCUT2D eigenvalue weighted by molar-refractivity contribution is 6.08. The summed E-state index contributed by atoms with van der Waals surface area (Å²) in [5.74, 6) is -1.91. The number of carboxylic acid groups (broad SMARTS) is 1. The van der Waals surface area contributed by atoms with Gasteiger partial charge in [-0.2, -0.15) is 0 Å². The Morgan fingerprint density at radius 3 is 2.57 bits per heavy atom. The average molecular weight is 421 g/mol. The largest absolute Gasteiger partial charge is 0.478 e. The highest BCUT2D eigenvalue weighted by Gasteiger charge is 2.32. The van der Waals surface area contributed by atoms with Crippen LogP contribution in [0.25, 0.3) is 10.9 Å². The zero-order chi connectivity index (χ0) is 22.4. The number of nitrogens with one attached hydrogen (secondary N) is 2. The van der Waals surface area contributed by atoms with Crippen LogP contribution in [0.5, 0.6) is 0 Å². The van der Waals surface area contributed by atoms with Gasteiger partial charge in [-0.1, -0.05) is 0 Å². The number of fused-ring (bicyclic) bond motifs is 1. The van der Waals surface area contributed by atoms with E-state index in [1.165, 1.54) is 0 Å². The predicted octanol–water partition coefficient (Wildman–Crippen LogP) is 3.09. The van der Waals surface area contributed by atoms with Gasteiger partial charge in [-0.15, -0.1) is 0 Å². The topological polar surface area (TPSA) is 115 Å². The number of alkyl carbamates (subject to hydrolysis) is 1. The van der Waals surface area contributed by atoms with Gasteiger partial charge in [0.15, 0.2) is 0 Å². The lowest BCUT2D eigenvalue weighted by molar-refractivity contribution is 0.0473. The monoisotopic (exact) mass is 421 g/mol. The maximum atomic E-state index is 15.1. The molecule has 0 radical (unpaired) electrons. The number of aliphatic hydroxyl groups is 1. The Bertz CT molecular complexity index is 995. The van der Waals surface area contributed by atoms with Gasteiger partial charge in [0.25, 0.3) is 0 Å². The number of amides is 1. The Morgan fingerprint density at radius 1 is 1.30 bits per heavy atom. The number of rotatable bonds is 3. The molecule has 3 rings (SSSR count). The number of benzene rings is 1. The van der Waals surface area contributed by atoms with E-state index in [0.29, 0.717) is 17.3 Å². The van der Waals surface area contributed by atoms with Crippen molar-refractivity contribution >= 4 is 28.7 Å². The number of hydrogen-bond donors (Lipinski definition) is 4. The smallest absolute Gasteiger partial charge is 0.407 e. The summed E-state index contributed by atoms with van der Waals surface area (Å²) in [6, 6.07) is 0.532. The molecule has 164 valence electrons. The van der Waals surface area contributed by atoms with Crippen molar-refractivity contribution in [2.45, 2.75) is 58.8 Å². The van der Waals surface area contributed by atoms with Crippen LogP contribution < -0.4 is 10.2 Å². The maximum absolute atomic E-state index is 15.1. The molecule has 2 atom stereocenters. The minimum atomic E-state index is -1.23. The van der Waals surface area contributed by atoms with E-state index in [2.05, 4.69) is 10.3 Å². The molecule has 1 amide bonds. The van der Waals surface area contributed by atoms with Crippen LogP contribution in [0.1, 0.15) is 48.8 Å². The Hall–Kier alpha value is -2.81. The second-order valence-electron chi connectivity index (χ2n) is 8.82. The van der Waals surface area contributed by atoms with Crippen molar-refractivity contribution in [3.8, 4) is 0 Å². The van der Waals surface area contributed by atoms with Crippen LogP contribution in [-0.2, 0) is 4.74 Å². The highest BCUT2D eigenvalue weighted by atomic mass is 19.1. The summed E-state index contributed by atoms with van der Waals surface area (Å²) in [5, 5.41) is 23.1. The van der Waals surface area contributed by atoms with E-state index in [9.17, 15) is 19.8 Å². The first-order chi connectivity index (χ1) is 13.9. The molecule has 2 heterocycles. The SMILES string of the molecule is Cc1[nH]c2c(C(=O)O)cc(F)c(N3C[C@@H](O)C[C@H](NC(=O)OC(C)(C)C)C3)c2c1C. The number of aryl methyl sites for hydroxylation is 2. The lowest BCUT2D eigenvalue weighted by atomic mass is 9.99. The summed E-state index contributed by atoms with van der Waals surface area (Å²) >= 11 is 0. The molecular weight excluding hydrogens is 393 g/mol. The van der Waals surface area contributed by atoms with E-state index in [4.69, 9.17) is 4.74 Å². The lowest BCUT2D eigenvalue weighted by Gasteiger charge is -2.38. The first-order valence-corrected chi connectivity index (χ1v) is 9.84. The average Bonchev–Trinajstić information content (AvgIpc) is 2.87. The zero-order valence-electron chi connectivity index (χ0n) is 17.8. The molecule has 0 unspecified atom stereocenters. The number of aromatic carboxylic acids is 1. The number of anilines is 1. The minimum Gasteiger partial charge on any atom is -0.478 e. The number of aliphatic hydroxyl groups excluding tert-OH is 1. The van der Waals surface area contributed by atoms with Crippen molar-refractivity contribution in [1.82, 2.24) is 10.3 Å². The van der Waals surface area contributed by atoms with Gasteiger partial charge >= 0.3 is 12.1 Å². The van der Waals surface area contributed by atoms with Crippen molar-refractivity contribution in [1.29, 1.82) is 0 Å². The van der Waals surface area contributed by atoms with Gasteiger partial charge in [-0.25, -0.2) is 14.0 Å². The van der Waals surface area contributed by atoms with Crippen molar-refractivity contribution in [2.75, 3.05) is 18.0 Å². The molecule has 4 N–H and O–H groups in total. The molecule has 8 nitrogen and oxygen atoms in total. The molecule has 2 aromatic rings. The van der Waals surface area contributed by atoms with E-state index >= 15 is 4.39 Å². The third-order valence-corrected chi connectivity index (χ3v) is 5.20. The number of aromatic nitrogens is 1. The summed E-state index contributed by atoms with van der Waals surface area (Å²) in [5.41, 5.74) is 1.21. The Balaban J connectivity index is 1.98. The molecule has 1 fully saturated rings. The number of carboxylic acids is 1. The van der Waals surface area contributed by atoms with Crippen LogP contribution in [0, 0.1) is 19.7 Å². The summed E-state index contributed by atoms with van der Waals surface area (Å²) in [6.07, 6.45) is -1.10. The number of β-amino-alcohol motifs (C(OH)–C–C–N with tert-alkyl or cyclic N) is 1. The molecule has 30 heavy (non-hydrogen) atoms. The summed E-state index contributed by atoms with van der Waals surface area (Å²) in [7, 11) is 0. The molecule has 0 bridgehead atoms. The summed E-state index contributed by atoms with van der Waals surface area (Å²) < 4.78 is 20.4. The van der Waals surface area contributed by atoms with Crippen LogP contribution in [0.15, 0.2) is 6.07 Å². The van der Waals surface area contributed by atoms with Crippen LogP contribution in [0.4, 0.5) is 14.9 Å². The molecule has 1 aromatic carbocycles. The molecule has 9 heteroatoms. The molecule has 1 saturated heterocycles. The van der Waals surface area contributed by atoms with Crippen LogP contribution in [0.2, 0.25) is 0 Å². The molecule has 1 aliphatic rings. The van der Waals surface area contributed by atoms with Crippen LogP contribution in [-0.4, -0.2) is 58.1 Å². The second kappa shape index (κ2) is 7.79. The second-order valence-corrected chi connectivity index (χ2v) is 8.82. The third-order valence-electron chi connectivity index (χ3n) is 5.20. The van der Waals surface area contributed by atoms with E-state index in [1.54, 1.807) is 39.5 Å². The van der Waals surface area contributed by atoms with Gasteiger partial charge in [0.05, 0.1) is 28.9 Å². The minimum absolute atomic E-state index is 0.150. The number of piperidine rings is 1. The van der Waals surface area contributed by atoms with Crippen molar-refractivity contribution < 1.29 is 28.9 Å². The van der Waals surface area contributed by atoms with Gasteiger partial charge in [-0.05, 0) is 52.7 Å². The molecule has 0 spiro atoms. The zero-order valence-corrected chi connectivity index (χ0v) is 17.8. The third kappa shape index (κ3) is 4.35. The van der Waals surface area contributed by atoms with Gasteiger partial charge < -0.3 is 30.2 Å². The van der Waals surface area contributed by atoms with Gasteiger partial charge in [-0.3, -0.25) is 0 Å². The maximum Gasteiger partial charge on any atom is 0.407 e. The number of carbonyl (C=O) groups is 2. The normalized spacial score (nSPS) is 19.8. The van der Waals surface area contributed by atoms with E-state index < -0.39 is 35.6 Å². The molecule has 1 aromatic heterocycles. The van der Waals surface area contributed by atoms with Gasteiger partial charge in [0.2, 0.25) is 0 Å². The molecule has 0 saturated carbocycles. The highest BCUT2D eigenvalue weighted by Crippen LogP contribution is 2.37. The number of halogens is 1.